The molecule has 0 fully saturated rings. The summed E-state index contributed by atoms with van der Waals surface area (Å²) in [5.41, 5.74) is 0. The van der Waals surface area contributed by atoms with Crippen LogP contribution in [-0.4, -0.2) is 24.6 Å². The second-order valence-corrected chi connectivity index (χ2v) is 9.50. The van der Waals surface area contributed by atoms with Crippen molar-refractivity contribution in [3.63, 3.8) is 0 Å². The van der Waals surface area contributed by atoms with Gasteiger partial charge in [0.25, 0.3) is 0 Å². The smallest absolute Gasteiger partial charge is 0.269 e. The van der Waals surface area contributed by atoms with E-state index in [0.29, 0.717) is 0 Å². The normalized spacial score (nSPS) is 12.3. The van der Waals surface area contributed by atoms with Gasteiger partial charge in [0.05, 0.1) is 0 Å². The standard InChI is InChI=1S/C12H29P.FH/c1-5-9-13(10-6-2,11-7-3)12-8-4;/h13H,5-12H2,1-4H3;1H. The van der Waals surface area contributed by atoms with Crippen LogP contribution in [0.2, 0.25) is 0 Å². The van der Waals surface area contributed by atoms with Crippen LogP contribution in [0.3, 0.4) is 0 Å². The summed E-state index contributed by atoms with van der Waals surface area (Å²) in [5.74, 6) is 0. The van der Waals surface area contributed by atoms with Crippen molar-refractivity contribution in [3.05, 3.63) is 0 Å². The Morgan fingerprint density at radius 2 is 0.786 bits per heavy atom. The Bertz CT molecular complexity index is 85.4. The van der Waals surface area contributed by atoms with Crippen molar-refractivity contribution in [2.75, 3.05) is 24.6 Å². The van der Waals surface area contributed by atoms with Gasteiger partial charge in [0.15, 0.2) is 0 Å². The minimum absolute atomic E-state index is 0. The Hall–Kier alpha value is 0.360. The van der Waals surface area contributed by atoms with Crippen LogP contribution in [-0.2, 0) is 0 Å². The Kier molecular flexibility index (Phi) is 11.9. The SMILES string of the molecule is CCC[PH](CCC)(CCC)CCC.F. The maximum absolute atomic E-state index is 2.36. The van der Waals surface area contributed by atoms with Crippen molar-refractivity contribution >= 4 is 7.26 Å². The van der Waals surface area contributed by atoms with Crippen molar-refractivity contribution < 1.29 is 4.70 Å². The minimum atomic E-state index is -0.796. The van der Waals surface area contributed by atoms with E-state index in [2.05, 4.69) is 27.7 Å². The third-order valence-corrected chi connectivity index (χ3v) is 9.36. The summed E-state index contributed by atoms with van der Waals surface area (Å²) in [6.45, 7) is 9.46. The summed E-state index contributed by atoms with van der Waals surface area (Å²) in [7, 11) is -0.796. The van der Waals surface area contributed by atoms with Crippen molar-refractivity contribution in [2.45, 2.75) is 53.4 Å². The van der Waals surface area contributed by atoms with Crippen molar-refractivity contribution in [1.29, 1.82) is 0 Å². The van der Waals surface area contributed by atoms with E-state index in [1.807, 2.05) is 0 Å². The molecule has 0 atom stereocenters. The molecule has 0 heterocycles. The minimum Gasteiger partial charge on any atom is -0.269 e. The van der Waals surface area contributed by atoms with Gasteiger partial charge in [0, 0.05) is 0 Å². The van der Waals surface area contributed by atoms with E-state index in [-0.39, 0.29) is 4.70 Å². The van der Waals surface area contributed by atoms with Gasteiger partial charge in [0.1, 0.15) is 0 Å². The molecular formula is C12H30FP. The summed E-state index contributed by atoms with van der Waals surface area (Å²) in [4.78, 5) is 0. The maximum Gasteiger partial charge on any atom is -0.269 e. The van der Waals surface area contributed by atoms with Gasteiger partial charge in [-0.25, -0.2) is 0 Å². The molecule has 0 aromatic rings. The third kappa shape index (κ3) is 5.96. The second kappa shape index (κ2) is 9.90. The van der Waals surface area contributed by atoms with E-state index >= 15 is 0 Å². The monoisotopic (exact) mass is 224 g/mol. The van der Waals surface area contributed by atoms with Crippen LogP contribution >= 0.6 is 7.26 Å². The molecule has 2 heteroatoms. The molecule has 0 saturated heterocycles. The Labute approximate surface area is 90.6 Å². The predicted molar refractivity (Wildman–Crippen MR) is 71.5 cm³/mol. The quantitative estimate of drug-likeness (QED) is 0.531. The van der Waals surface area contributed by atoms with E-state index in [4.69, 9.17) is 0 Å². The molecule has 0 aliphatic rings. The third-order valence-electron chi connectivity index (χ3n) is 3.12. The zero-order valence-corrected chi connectivity index (χ0v) is 11.6. The molecule has 14 heavy (non-hydrogen) atoms. The molecule has 0 amide bonds. The summed E-state index contributed by atoms with van der Waals surface area (Å²) in [6, 6.07) is 0. The van der Waals surface area contributed by atoms with E-state index in [9.17, 15) is 0 Å². The molecule has 0 rings (SSSR count). The first-order valence-corrected chi connectivity index (χ1v) is 9.07. The Balaban J connectivity index is 0. The summed E-state index contributed by atoms with van der Waals surface area (Å²) in [6.07, 6.45) is 12.0. The summed E-state index contributed by atoms with van der Waals surface area (Å²) < 4.78 is 0. The van der Waals surface area contributed by atoms with Crippen molar-refractivity contribution in [3.8, 4) is 0 Å². The van der Waals surface area contributed by atoms with E-state index < -0.39 is 7.26 Å². The van der Waals surface area contributed by atoms with Crippen LogP contribution in [0.25, 0.3) is 0 Å². The number of hydrogen-bond acceptors (Lipinski definition) is 0. The zero-order chi connectivity index (χ0) is 10.2. The first kappa shape index (κ1) is 16.8. The second-order valence-electron chi connectivity index (χ2n) is 4.50. The molecule has 90 valence electrons. The molecular weight excluding hydrogens is 194 g/mol. The fourth-order valence-corrected chi connectivity index (χ4v) is 8.61. The van der Waals surface area contributed by atoms with Gasteiger partial charge >= 0.3 is 85.3 Å². The van der Waals surface area contributed by atoms with Gasteiger partial charge in [-0.3, -0.25) is 4.70 Å². The van der Waals surface area contributed by atoms with Gasteiger partial charge < -0.3 is 0 Å². The largest absolute Gasteiger partial charge is 0.269 e. The molecule has 0 spiro atoms. The van der Waals surface area contributed by atoms with Gasteiger partial charge in [-0.15, -0.1) is 0 Å². The fraction of sp³-hybridized carbons (Fsp3) is 1.00. The molecule has 0 aliphatic carbocycles. The van der Waals surface area contributed by atoms with Gasteiger partial charge in [-0.1, -0.05) is 0 Å². The van der Waals surface area contributed by atoms with E-state index in [1.54, 1.807) is 24.6 Å². The Morgan fingerprint density at radius 3 is 0.929 bits per heavy atom. The van der Waals surface area contributed by atoms with Crippen LogP contribution < -0.4 is 0 Å². The number of hydrogen-bond donors (Lipinski definition) is 0. The molecule has 0 N–H and O–H groups in total. The molecule has 0 nitrogen and oxygen atoms in total. The summed E-state index contributed by atoms with van der Waals surface area (Å²) >= 11 is 0. The molecule has 0 radical (unpaired) electrons. The van der Waals surface area contributed by atoms with Crippen molar-refractivity contribution in [1.82, 2.24) is 0 Å². The molecule has 0 bridgehead atoms. The van der Waals surface area contributed by atoms with Gasteiger partial charge in [-0.2, -0.15) is 0 Å². The average molecular weight is 224 g/mol. The van der Waals surface area contributed by atoms with E-state index in [1.165, 1.54) is 25.7 Å². The molecule has 0 aromatic carbocycles. The summed E-state index contributed by atoms with van der Waals surface area (Å²) in [5, 5.41) is 0. The first-order valence-electron chi connectivity index (χ1n) is 6.24. The van der Waals surface area contributed by atoms with Crippen LogP contribution in [0.15, 0.2) is 0 Å². The fourth-order valence-electron chi connectivity index (χ4n) is 2.87. The van der Waals surface area contributed by atoms with Crippen LogP contribution in [0.5, 0.6) is 0 Å². The molecule has 0 unspecified atom stereocenters. The average Bonchev–Trinajstić information content (AvgIpc) is 2.06. The predicted octanol–water partition coefficient (Wildman–Crippen LogP) is 4.53. The molecule has 0 aliphatic heterocycles. The van der Waals surface area contributed by atoms with Crippen LogP contribution in [0.1, 0.15) is 53.4 Å². The van der Waals surface area contributed by atoms with Crippen LogP contribution in [0.4, 0.5) is 4.70 Å². The van der Waals surface area contributed by atoms with Gasteiger partial charge in [-0.05, 0) is 0 Å². The van der Waals surface area contributed by atoms with Crippen LogP contribution in [0, 0.1) is 0 Å². The van der Waals surface area contributed by atoms with Gasteiger partial charge in [0.2, 0.25) is 0 Å². The topological polar surface area (TPSA) is 0 Å². The maximum atomic E-state index is 2.36. The number of halogens is 1. The molecule has 0 aromatic heterocycles. The molecule has 0 saturated carbocycles. The van der Waals surface area contributed by atoms with Crippen molar-refractivity contribution in [2.24, 2.45) is 0 Å². The van der Waals surface area contributed by atoms with E-state index in [0.717, 1.165) is 0 Å². The zero-order valence-electron chi connectivity index (χ0n) is 10.6. The first-order chi connectivity index (χ1) is 6.24. The Morgan fingerprint density at radius 1 is 0.571 bits per heavy atom. The number of rotatable bonds is 8.